The van der Waals surface area contributed by atoms with E-state index in [9.17, 15) is 0 Å². The lowest BCUT2D eigenvalue weighted by molar-refractivity contribution is 0.263. The molecular weight excluding hydrogens is 234 g/mol. The molecule has 0 bridgehead atoms. The van der Waals surface area contributed by atoms with Gasteiger partial charge in [-0.15, -0.1) is 0 Å². The Morgan fingerprint density at radius 1 is 1.26 bits per heavy atom. The molecule has 0 amide bonds. The number of rotatable bonds is 2. The Morgan fingerprint density at radius 2 is 2.00 bits per heavy atom. The summed E-state index contributed by atoms with van der Waals surface area (Å²) in [7, 11) is 0. The third kappa shape index (κ3) is 2.19. The highest BCUT2D eigenvalue weighted by atomic mass is 15.2. The lowest BCUT2D eigenvalue weighted by atomic mass is 10.0. The molecule has 1 atom stereocenters. The smallest absolute Gasteiger partial charge is 0.0751 e. The molecule has 3 rings (SSSR count). The van der Waals surface area contributed by atoms with Crippen molar-refractivity contribution in [2.45, 2.75) is 32.7 Å². The maximum Gasteiger partial charge on any atom is 0.0751 e. The summed E-state index contributed by atoms with van der Waals surface area (Å²) in [5.74, 6) is 0. The van der Waals surface area contributed by atoms with Crippen molar-refractivity contribution in [1.82, 2.24) is 9.88 Å². The lowest BCUT2D eigenvalue weighted by Gasteiger charge is -2.24. The molecule has 0 radical (unpaired) electrons. The van der Waals surface area contributed by atoms with Crippen LogP contribution in [0.25, 0.3) is 10.9 Å². The quantitative estimate of drug-likeness (QED) is 0.837. The average Bonchev–Trinajstić information content (AvgIpc) is 2.96. The topological polar surface area (TPSA) is 42.1 Å². The fraction of sp³-hybridized carbons (Fsp3) is 0.438. The van der Waals surface area contributed by atoms with Crippen molar-refractivity contribution >= 4 is 16.6 Å². The van der Waals surface area contributed by atoms with Crippen molar-refractivity contribution in [1.29, 1.82) is 0 Å². The van der Waals surface area contributed by atoms with E-state index in [2.05, 4.69) is 28.9 Å². The van der Waals surface area contributed by atoms with E-state index >= 15 is 0 Å². The average molecular weight is 255 g/mol. The van der Waals surface area contributed by atoms with Crippen LogP contribution in [0, 0.1) is 6.92 Å². The van der Waals surface area contributed by atoms with Crippen molar-refractivity contribution in [2.24, 2.45) is 0 Å². The predicted octanol–water partition coefficient (Wildman–Crippen LogP) is 3.28. The van der Waals surface area contributed by atoms with E-state index in [1.165, 1.54) is 36.9 Å². The molecule has 1 aromatic carbocycles. The van der Waals surface area contributed by atoms with Crippen LogP contribution in [0.4, 0.5) is 5.69 Å². The second-order valence-corrected chi connectivity index (χ2v) is 5.54. The number of nitrogens with zero attached hydrogens (tertiary/aromatic N) is 2. The first kappa shape index (κ1) is 12.4. The lowest BCUT2D eigenvalue weighted by Crippen LogP contribution is -2.23. The molecule has 3 heteroatoms. The summed E-state index contributed by atoms with van der Waals surface area (Å²) >= 11 is 0. The Morgan fingerprint density at radius 3 is 2.74 bits per heavy atom. The van der Waals surface area contributed by atoms with E-state index in [-0.39, 0.29) is 0 Å². The van der Waals surface area contributed by atoms with Crippen molar-refractivity contribution in [2.75, 3.05) is 18.8 Å². The van der Waals surface area contributed by atoms with E-state index in [0.29, 0.717) is 6.04 Å². The molecule has 19 heavy (non-hydrogen) atoms. The highest BCUT2D eigenvalue weighted by Gasteiger charge is 2.20. The molecule has 1 aliphatic rings. The molecule has 2 heterocycles. The second-order valence-electron chi connectivity index (χ2n) is 5.54. The number of hydrogen-bond donors (Lipinski definition) is 1. The number of nitrogen functional groups attached to an aromatic ring is 1. The largest absolute Gasteiger partial charge is 0.398 e. The molecule has 2 aromatic rings. The number of fused-ring (bicyclic) bond motifs is 1. The number of pyridine rings is 1. The van der Waals surface area contributed by atoms with E-state index in [4.69, 9.17) is 5.73 Å². The van der Waals surface area contributed by atoms with Crippen LogP contribution < -0.4 is 5.73 Å². The van der Waals surface area contributed by atoms with Gasteiger partial charge in [0, 0.05) is 23.3 Å². The van der Waals surface area contributed by atoms with Crippen molar-refractivity contribution in [3.63, 3.8) is 0 Å². The van der Waals surface area contributed by atoms with Crippen LogP contribution in [0.15, 0.2) is 24.4 Å². The molecule has 100 valence electrons. The zero-order chi connectivity index (χ0) is 13.4. The van der Waals surface area contributed by atoms with Crippen molar-refractivity contribution < 1.29 is 0 Å². The van der Waals surface area contributed by atoms with Gasteiger partial charge in [0.25, 0.3) is 0 Å². The van der Waals surface area contributed by atoms with Crippen molar-refractivity contribution in [3.8, 4) is 0 Å². The third-order valence-corrected chi connectivity index (χ3v) is 4.34. The van der Waals surface area contributed by atoms with Gasteiger partial charge < -0.3 is 5.73 Å². The minimum absolute atomic E-state index is 0.456. The van der Waals surface area contributed by atoms with E-state index < -0.39 is 0 Å². The molecule has 0 unspecified atom stereocenters. The van der Waals surface area contributed by atoms with Gasteiger partial charge >= 0.3 is 0 Å². The molecule has 0 saturated carbocycles. The van der Waals surface area contributed by atoms with Gasteiger partial charge in [-0.25, -0.2) is 0 Å². The van der Waals surface area contributed by atoms with Crippen LogP contribution in [0.3, 0.4) is 0 Å². The number of aryl methyl sites for hydroxylation is 1. The van der Waals surface area contributed by atoms with Gasteiger partial charge in [0.2, 0.25) is 0 Å². The first-order chi connectivity index (χ1) is 9.16. The summed E-state index contributed by atoms with van der Waals surface area (Å²) in [5, 5.41) is 1.19. The zero-order valence-electron chi connectivity index (χ0n) is 11.7. The molecule has 0 spiro atoms. The molecule has 1 fully saturated rings. The Bertz CT molecular complexity index is 600. The predicted molar refractivity (Wildman–Crippen MR) is 80.1 cm³/mol. The summed E-state index contributed by atoms with van der Waals surface area (Å²) in [6.45, 7) is 6.73. The fourth-order valence-corrected chi connectivity index (χ4v) is 2.95. The van der Waals surface area contributed by atoms with E-state index in [1.807, 2.05) is 19.2 Å². The third-order valence-electron chi connectivity index (χ3n) is 4.34. The fourth-order valence-electron chi connectivity index (χ4n) is 2.95. The summed E-state index contributed by atoms with van der Waals surface area (Å²) in [5.41, 5.74) is 10.2. The molecule has 1 saturated heterocycles. The number of benzene rings is 1. The number of likely N-dealkylation sites (tertiary alicyclic amines) is 1. The van der Waals surface area contributed by atoms with Gasteiger partial charge in [-0.2, -0.15) is 0 Å². The van der Waals surface area contributed by atoms with E-state index in [1.54, 1.807) is 0 Å². The SMILES string of the molecule is Cc1c(N)ccc2cc([C@H](C)N3CCCC3)cnc12. The molecule has 0 aliphatic carbocycles. The van der Waals surface area contributed by atoms with Crippen LogP contribution in [-0.4, -0.2) is 23.0 Å². The normalized spacial score (nSPS) is 18.0. The maximum absolute atomic E-state index is 5.94. The maximum atomic E-state index is 5.94. The molecular formula is C16H21N3. The summed E-state index contributed by atoms with van der Waals surface area (Å²) < 4.78 is 0. The van der Waals surface area contributed by atoms with Crippen LogP contribution in [-0.2, 0) is 0 Å². The first-order valence-electron chi connectivity index (χ1n) is 7.05. The van der Waals surface area contributed by atoms with Gasteiger partial charge in [-0.3, -0.25) is 9.88 Å². The Labute approximate surface area is 114 Å². The van der Waals surface area contributed by atoms with Crippen LogP contribution in [0.1, 0.15) is 36.9 Å². The van der Waals surface area contributed by atoms with Gasteiger partial charge in [-0.05, 0) is 63.0 Å². The molecule has 1 aliphatic heterocycles. The van der Waals surface area contributed by atoms with E-state index in [0.717, 1.165) is 16.8 Å². The number of aromatic nitrogens is 1. The van der Waals surface area contributed by atoms with Crippen molar-refractivity contribution in [3.05, 3.63) is 35.5 Å². The minimum atomic E-state index is 0.456. The van der Waals surface area contributed by atoms with Crippen LogP contribution in [0.2, 0.25) is 0 Å². The molecule has 2 N–H and O–H groups in total. The standard InChI is InChI=1S/C16H21N3/c1-11-15(17)6-5-13-9-14(10-18-16(11)13)12(2)19-7-3-4-8-19/h5-6,9-10,12H,3-4,7-8,17H2,1-2H3/t12-/m0/s1. The van der Waals surface area contributed by atoms with Crippen LogP contribution >= 0.6 is 0 Å². The number of anilines is 1. The van der Waals surface area contributed by atoms with Gasteiger partial charge in [0.1, 0.15) is 0 Å². The molecule has 1 aromatic heterocycles. The van der Waals surface area contributed by atoms with Gasteiger partial charge in [0.15, 0.2) is 0 Å². The Balaban J connectivity index is 1.99. The van der Waals surface area contributed by atoms with Gasteiger partial charge in [-0.1, -0.05) is 6.07 Å². The monoisotopic (exact) mass is 255 g/mol. The second kappa shape index (κ2) is 4.82. The van der Waals surface area contributed by atoms with Crippen LogP contribution in [0.5, 0.6) is 0 Å². The number of nitrogens with two attached hydrogens (primary N) is 1. The number of hydrogen-bond acceptors (Lipinski definition) is 3. The minimum Gasteiger partial charge on any atom is -0.398 e. The van der Waals surface area contributed by atoms with Gasteiger partial charge in [0.05, 0.1) is 5.52 Å². The summed E-state index contributed by atoms with van der Waals surface area (Å²) in [6, 6.07) is 6.77. The highest BCUT2D eigenvalue weighted by Crippen LogP contribution is 2.28. The highest BCUT2D eigenvalue weighted by molar-refractivity contribution is 5.86. The zero-order valence-corrected chi connectivity index (χ0v) is 11.7. The summed E-state index contributed by atoms with van der Waals surface area (Å²) in [6.07, 6.45) is 4.65. The molecule has 3 nitrogen and oxygen atoms in total. The Kier molecular flexibility index (Phi) is 3.15. The first-order valence-corrected chi connectivity index (χ1v) is 7.05. The summed E-state index contributed by atoms with van der Waals surface area (Å²) in [4.78, 5) is 7.16. The Hall–Kier alpha value is -1.61.